The highest BCUT2D eigenvalue weighted by atomic mass is 19.4. The Balaban J connectivity index is 0.000000566. The largest absolute Gasteiger partial charge is 0.495 e. The monoisotopic (exact) mass is 613 g/mol. The van der Waals surface area contributed by atoms with Crippen molar-refractivity contribution >= 4 is 17.3 Å². The van der Waals surface area contributed by atoms with Gasteiger partial charge in [0.25, 0.3) is 0 Å². The molecule has 1 saturated heterocycles. The first-order valence-electron chi connectivity index (χ1n) is 13.5. The number of hydrogen-bond acceptors (Lipinski definition) is 10. The molecule has 0 aliphatic carbocycles. The van der Waals surface area contributed by atoms with E-state index in [0.29, 0.717) is 29.9 Å². The maximum atomic E-state index is 10.6. The van der Waals surface area contributed by atoms with Crippen molar-refractivity contribution in [1.82, 2.24) is 24.5 Å². The molecule has 0 radical (unpaired) electrons. The van der Waals surface area contributed by atoms with Gasteiger partial charge in [0.15, 0.2) is 0 Å². The van der Waals surface area contributed by atoms with Crippen molar-refractivity contribution in [3.05, 3.63) is 66.4 Å². The Hall–Kier alpha value is -4.94. The summed E-state index contributed by atoms with van der Waals surface area (Å²) in [5.41, 5.74) is 3.94. The number of nitriles is 1. The van der Waals surface area contributed by atoms with Crippen molar-refractivity contribution in [2.45, 2.75) is 19.1 Å². The number of aliphatic hydroxyl groups is 1. The van der Waals surface area contributed by atoms with Crippen LogP contribution >= 0.6 is 0 Å². The second kappa shape index (κ2) is 14.5. The van der Waals surface area contributed by atoms with Crippen molar-refractivity contribution in [3.8, 4) is 28.7 Å². The maximum absolute atomic E-state index is 10.6. The van der Waals surface area contributed by atoms with Crippen LogP contribution in [0.25, 0.3) is 16.6 Å². The maximum Gasteiger partial charge on any atom is 0.490 e. The molecule has 0 bridgehead atoms. The van der Waals surface area contributed by atoms with Crippen LogP contribution in [0, 0.1) is 11.3 Å². The van der Waals surface area contributed by atoms with Crippen LogP contribution in [0.3, 0.4) is 0 Å². The van der Waals surface area contributed by atoms with Gasteiger partial charge in [-0.1, -0.05) is 0 Å². The molecule has 0 unspecified atom stereocenters. The Morgan fingerprint density at radius 1 is 1.07 bits per heavy atom. The normalized spacial score (nSPS) is 13.6. The first kappa shape index (κ1) is 32.0. The highest BCUT2D eigenvalue weighted by molar-refractivity contribution is 5.85. The fourth-order valence-corrected chi connectivity index (χ4v) is 4.45. The number of anilines is 1. The third-order valence-corrected chi connectivity index (χ3v) is 6.69. The molecule has 0 spiro atoms. The number of ether oxygens (including phenoxy) is 2. The zero-order chi connectivity index (χ0) is 31.7. The van der Waals surface area contributed by atoms with Gasteiger partial charge in [0.1, 0.15) is 23.4 Å². The van der Waals surface area contributed by atoms with Gasteiger partial charge in [-0.05, 0) is 30.3 Å². The van der Waals surface area contributed by atoms with E-state index in [-0.39, 0.29) is 6.61 Å². The number of fused-ring (bicyclic) bond motifs is 1. The fourth-order valence-electron chi connectivity index (χ4n) is 4.45. The topological polar surface area (TPSA) is 149 Å². The molecule has 0 saturated carbocycles. The number of aromatic nitrogens is 4. The molecular formula is C29H30F3N7O5. The summed E-state index contributed by atoms with van der Waals surface area (Å²) in [5.74, 6) is -0.448. The second-order valence-electron chi connectivity index (χ2n) is 9.64. The molecular weight excluding hydrogens is 583 g/mol. The van der Waals surface area contributed by atoms with Crippen LogP contribution in [0.4, 0.5) is 19.0 Å². The van der Waals surface area contributed by atoms with Crippen LogP contribution in [-0.2, 0) is 11.3 Å². The Morgan fingerprint density at radius 3 is 2.39 bits per heavy atom. The van der Waals surface area contributed by atoms with E-state index in [2.05, 4.69) is 26.0 Å². The summed E-state index contributed by atoms with van der Waals surface area (Å²) in [6.07, 6.45) is 2.35. The van der Waals surface area contributed by atoms with E-state index in [9.17, 15) is 18.4 Å². The molecule has 2 N–H and O–H groups in total. The summed E-state index contributed by atoms with van der Waals surface area (Å²) in [4.78, 5) is 22.8. The lowest BCUT2D eigenvalue weighted by Crippen LogP contribution is -2.46. The van der Waals surface area contributed by atoms with Crippen molar-refractivity contribution < 1.29 is 37.7 Å². The number of rotatable bonds is 9. The average molecular weight is 614 g/mol. The number of alkyl halides is 3. The van der Waals surface area contributed by atoms with Gasteiger partial charge in [0.2, 0.25) is 0 Å². The zero-order valence-corrected chi connectivity index (χ0v) is 23.7. The Labute approximate surface area is 250 Å². The lowest BCUT2D eigenvalue weighted by Gasteiger charge is -2.35. The van der Waals surface area contributed by atoms with E-state index < -0.39 is 12.1 Å². The molecule has 232 valence electrons. The molecule has 44 heavy (non-hydrogen) atoms. The van der Waals surface area contributed by atoms with Gasteiger partial charge < -0.3 is 24.6 Å². The first-order chi connectivity index (χ1) is 21.1. The smallest absolute Gasteiger partial charge is 0.490 e. The van der Waals surface area contributed by atoms with E-state index in [1.165, 1.54) is 0 Å². The number of pyridine rings is 3. The molecule has 0 amide bonds. The molecule has 4 aromatic rings. The minimum atomic E-state index is -5.08. The van der Waals surface area contributed by atoms with Crippen molar-refractivity contribution in [1.29, 1.82) is 5.26 Å². The van der Waals surface area contributed by atoms with Crippen LogP contribution in [0.2, 0.25) is 0 Å². The summed E-state index contributed by atoms with van der Waals surface area (Å²) >= 11 is 0. The van der Waals surface area contributed by atoms with Crippen LogP contribution in [0.5, 0.6) is 11.5 Å². The minimum Gasteiger partial charge on any atom is -0.495 e. The molecule has 5 heterocycles. The number of aliphatic hydroxyl groups excluding tert-OH is 1. The number of halogens is 3. The lowest BCUT2D eigenvalue weighted by atomic mass is 10.1. The standard InChI is InChI=1S/C27H29N7O3.C2HF3O2/c1-36-23-5-4-22(29-17-23)18-32-7-9-33(10-8-32)26-6-3-20(15-30-26)25-13-24(37-12-2-11-35)19-34-27(25)21(14-28)16-31-34;3-2(4,5)1(6)7/h3-6,13,15-17,19,35H,2,7-12,18H2,1H3;(H,6,7). The van der Waals surface area contributed by atoms with E-state index in [4.69, 9.17) is 29.5 Å². The molecule has 4 aromatic heterocycles. The average Bonchev–Trinajstić information content (AvgIpc) is 3.45. The molecule has 0 aromatic carbocycles. The summed E-state index contributed by atoms with van der Waals surface area (Å²) in [7, 11) is 1.64. The van der Waals surface area contributed by atoms with Crippen LogP contribution in [-0.4, -0.2) is 93.3 Å². The molecule has 1 aliphatic rings. The lowest BCUT2D eigenvalue weighted by molar-refractivity contribution is -0.192. The van der Waals surface area contributed by atoms with Gasteiger partial charge in [-0.25, -0.2) is 14.3 Å². The fraction of sp³-hybridized carbons (Fsp3) is 0.345. The van der Waals surface area contributed by atoms with Gasteiger partial charge in [-0.3, -0.25) is 9.88 Å². The van der Waals surface area contributed by atoms with Gasteiger partial charge in [0.05, 0.1) is 49.1 Å². The van der Waals surface area contributed by atoms with Crippen LogP contribution < -0.4 is 14.4 Å². The molecule has 5 rings (SSSR count). The Morgan fingerprint density at radius 2 is 1.82 bits per heavy atom. The minimum absolute atomic E-state index is 0.0630. The van der Waals surface area contributed by atoms with Gasteiger partial charge in [-0.2, -0.15) is 23.5 Å². The number of nitrogens with zero attached hydrogens (tertiary/aromatic N) is 7. The van der Waals surface area contributed by atoms with E-state index in [1.807, 2.05) is 36.5 Å². The van der Waals surface area contributed by atoms with E-state index in [0.717, 1.165) is 61.1 Å². The van der Waals surface area contributed by atoms with Gasteiger partial charge >= 0.3 is 12.1 Å². The quantitative estimate of drug-likeness (QED) is 0.268. The van der Waals surface area contributed by atoms with Gasteiger partial charge in [-0.15, -0.1) is 0 Å². The summed E-state index contributed by atoms with van der Waals surface area (Å²) < 4.78 is 44.4. The summed E-state index contributed by atoms with van der Waals surface area (Å²) in [5, 5.41) is 30.1. The Bertz CT molecular complexity index is 1580. The summed E-state index contributed by atoms with van der Waals surface area (Å²) in [6.45, 7) is 4.87. The number of methoxy groups -OCH3 is 1. The molecule has 12 nitrogen and oxygen atoms in total. The number of carbonyl (C=O) groups is 1. The molecule has 0 atom stereocenters. The van der Waals surface area contributed by atoms with Crippen LogP contribution in [0.15, 0.2) is 55.1 Å². The van der Waals surface area contributed by atoms with E-state index >= 15 is 0 Å². The highest BCUT2D eigenvalue weighted by Gasteiger charge is 2.38. The predicted octanol–water partition coefficient (Wildman–Crippen LogP) is 3.39. The van der Waals surface area contributed by atoms with E-state index in [1.54, 1.807) is 30.2 Å². The number of piperazine rings is 1. The van der Waals surface area contributed by atoms with Crippen molar-refractivity contribution in [2.75, 3.05) is 51.4 Å². The first-order valence-corrected chi connectivity index (χ1v) is 13.5. The SMILES string of the molecule is COc1ccc(CN2CCN(c3ccc(-c4cc(OCCCO)cn5ncc(C#N)c45)cn3)CC2)nc1.O=C(O)C(F)(F)F. The molecule has 1 fully saturated rings. The number of carboxylic acids is 1. The number of aliphatic carboxylic acids is 1. The molecule has 15 heteroatoms. The third kappa shape index (κ3) is 8.12. The van der Waals surface area contributed by atoms with Crippen LogP contribution in [0.1, 0.15) is 17.7 Å². The number of hydrogen-bond donors (Lipinski definition) is 2. The highest BCUT2D eigenvalue weighted by Crippen LogP contribution is 2.31. The predicted molar refractivity (Wildman–Crippen MR) is 152 cm³/mol. The zero-order valence-electron chi connectivity index (χ0n) is 23.7. The van der Waals surface area contributed by atoms with Gasteiger partial charge in [0, 0.05) is 63.1 Å². The Kier molecular flexibility index (Phi) is 10.5. The van der Waals surface area contributed by atoms with Crippen molar-refractivity contribution in [3.63, 3.8) is 0 Å². The summed E-state index contributed by atoms with van der Waals surface area (Å²) in [6, 6.07) is 12.1. The third-order valence-electron chi connectivity index (χ3n) is 6.69. The van der Waals surface area contributed by atoms with Crippen molar-refractivity contribution in [2.24, 2.45) is 0 Å². The number of carboxylic acid groups (broad SMARTS) is 1. The molecule has 1 aliphatic heterocycles. The second-order valence-corrected chi connectivity index (χ2v) is 9.64.